The first-order chi connectivity index (χ1) is 17.1. The smallest absolute Gasteiger partial charge is 0.321 e. The summed E-state index contributed by atoms with van der Waals surface area (Å²) in [7, 11) is -4.07. The Morgan fingerprint density at radius 3 is 1.94 bits per heavy atom. The lowest BCUT2D eigenvalue weighted by atomic mass is 10.1. The van der Waals surface area contributed by atoms with Gasteiger partial charge in [0.05, 0.1) is 4.90 Å². The second kappa shape index (κ2) is 12.7. The van der Waals surface area contributed by atoms with Gasteiger partial charge >= 0.3 is 5.97 Å². The van der Waals surface area contributed by atoms with Crippen LogP contribution in [0.15, 0.2) is 83.8 Å². The number of carboxylic acids is 1. The van der Waals surface area contributed by atoms with Gasteiger partial charge in [-0.05, 0) is 72.0 Å². The summed E-state index contributed by atoms with van der Waals surface area (Å²) in [6, 6.07) is 18.8. The summed E-state index contributed by atoms with van der Waals surface area (Å²) in [5, 5.41) is 13.3. The third kappa shape index (κ3) is 8.20. The Labute approximate surface area is 219 Å². The molecule has 36 heavy (non-hydrogen) atoms. The predicted octanol–water partition coefficient (Wildman–Crippen LogP) is 5.00. The van der Waals surface area contributed by atoms with Crippen LogP contribution in [0.5, 0.6) is 0 Å². The van der Waals surface area contributed by atoms with Crippen LogP contribution in [0, 0.1) is 0 Å². The van der Waals surface area contributed by atoms with E-state index in [9.17, 15) is 23.1 Å². The Morgan fingerprint density at radius 2 is 1.39 bits per heavy atom. The number of benzene rings is 3. The third-order valence-electron chi connectivity index (χ3n) is 5.20. The van der Waals surface area contributed by atoms with Crippen molar-refractivity contribution < 1.29 is 23.1 Å². The highest BCUT2D eigenvalue weighted by molar-refractivity contribution is 7.89. The number of hydrogen-bond acceptors (Lipinski definition) is 4. The molecule has 1 atom stereocenters. The average molecular weight is 547 g/mol. The van der Waals surface area contributed by atoms with Gasteiger partial charge in [-0.15, -0.1) is 0 Å². The SMILES string of the molecule is O=C(/C=C/c1ccc(Cl)cc1)NCCCC(NS(=O)(=O)c1ccc(-c2ccc(Cl)cc2)cc1)C(=O)O. The largest absolute Gasteiger partial charge is 0.480 e. The first-order valence-corrected chi connectivity index (χ1v) is 13.2. The van der Waals surface area contributed by atoms with Crippen LogP contribution in [-0.4, -0.2) is 38.0 Å². The number of carboxylic acid groups (broad SMARTS) is 1. The number of carbonyl (C=O) groups is 2. The van der Waals surface area contributed by atoms with Gasteiger partial charge in [0.25, 0.3) is 0 Å². The fourth-order valence-electron chi connectivity index (χ4n) is 3.28. The van der Waals surface area contributed by atoms with Crippen molar-refractivity contribution in [3.05, 3.63) is 94.5 Å². The zero-order chi connectivity index (χ0) is 26.1. The monoisotopic (exact) mass is 546 g/mol. The summed E-state index contributed by atoms with van der Waals surface area (Å²) < 4.78 is 27.7. The average Bonchev–Trinajstić information content (AvgIpc) is 2.86. The van der Waals surface area contributed by atoms with Gasteiger partial charge in [-0.2, -0.15) is 4.72 Å². The van der Waals surface area contributed by atoms with Gasteiger partial charge < -0.3 is 10.4 Å². The van der Waals surface area contributed by atoms with Crippen molar-refractivity contribution in [2.45, 2.75) is 23.8 Å². The minimum absolute atomic E-state index is 0.00139. The lowest BCUT2D eigenvalue weighted by Crippen LogP contribution is -2.41. The zero-order valence-electron chi connectivity index (χ0n) is 19.0. The molecule has 1 unspecified atom stereocenters. The lowest BCUT2D eigenvalue weighted by molar-refractivity contribution is -0.139. The van der Waals surface area contributed by atoms with E-state index < -0.39 is 22.0 Å². The van der Waals surface area contributed by atoms with Gasteiger partial charge in [-0.25, -0.2) is 8.42 Å². The molecule has 0 aliphatic heterocycles. The van der Waals surface area contributed by atoms with Crippen molar-refractivity contribution >= 4 is 51.2 Å². The molecule has 0 heterocycles. The molecule has 3 aromatic rings. The van der Waals surface area contributed by atoms with Gasteiger partial charge in [0.2, 0.25) is 15.9 Å². The maximum atomic E-state index is 12.7. The van der Waals surface area contributed by atoms with Crippen LogP contribution >= 0.6 is 23.2 Å². The maximum Gasteiger partial charge on any atom is 0.321 e. The van der Waals surface area contributed by atoms with Gasteiger partial charge in [0.15, 0.2) is 0 Å². The summed E-state index contributed by atoms with van der Waals surface area (Å²) in [4.78, 5) is 23.6. The molecule has 0 aromatic heterocycles. The van der Waals surface area contributed by atoms with E-state index >= 15 is 0 Å². The Bertz CT molecular complexity index is 1320. The zero-order valence-corrected chi connectivity index (χ0v) is 21.4. The molecule has 3 N–H and O–H groups in total. The molecule has 1 amide bonds. The normalized spacial score (nSPS) is 12.4. The highest BCUT2D eigenvalue weighted by Crippen LogP contribution is 2.23. The van der Waals surface area contributed by atoms with Crippen LogP contribution in [-0.2, 0) is 19.6 Å². The molecule has 0 bridgehead atoms. The molecule has 0 aliphatic rings. The molecule has 0 aliphatic carbocycles. The van der Waals surface area contributed by atoms with Gasteiger partial charge in [-0.3, -0.25) is 9.59 Å². The molecular weight excluding hydrogens is 523 g/mol. The minimum Gasteiger partial charge on any atom is -0.480 e. The number of halogens is 2. The molecule has 7 nitrogen and oxygen atoms in total. The van der Waals surface area contributed by atoms with E-state index in [4.69, 9.17) is 23.2 Å². The molecule has 0 spiro atoms. The molecule has 0 saturated carbocycles. The maximum absolute atomic E-state index is 12.7. The van der Waals surface area contributed by atoms with E-state index in [0.717, 1.165) is 16.7 Å². The van der Waals surface area contributed by atoms with Crippen LogP contribution in [0.4, 0.5) is 0 Å². The molecule has 0 saturated heterocycles. The van der Waals surface area contributed by atoms with Crippen molar-refractivity contribution in [1.82, 2.24) is 10.0 Å². The second-order valence-corrected chi connectivity index (χ2v) is 10.4. The van der Waals surface area contributed by atoms with Crippen molar-refractivity contribution in [2.75, 3.05) is 6.54 Å². The first-order valence-electron chi connectivity index (χ1n) is 11.0. The number of carbonyl (C=O) groups excluding carboxylic acids is 1. The summed E-state index contributed by atoms with van der Waals surface area (Å²) >= 11 is 11.7. The number of sulfonamides is 1. The number of aliphatic carboxylic acids is 1. The highest BCUT2D eigenvalue weighted by Gasteiger charge is 2.25. The van der Waals surface area contributed by atoms with Crippen LogP contribution in [0.25, 0.3) is 17.2 Å². The van der Waals surface area contributed by atoms with Crippen molar-refractivity contribution in [3.63, 3.8) is 0 Å². The van der Waals surface area contributed by atoms with Gasteiger partial charge in [-0.1, -0.05) is 59.6 Å². The number of nitrogens with one attached hydrogen (secondary N) is 2. The Balaban J connectivity index is 1.52. The highest BCUT2D eigenvalue weighted by atomic mass is 35.5. The van der Waals surface area contributed by atoms with E-state index in [1.54, 1.807) is 54.6 Å². The first kappa shape index (κ1) is 27.4. The molecular formula is C26H24Cl2N2O5S. The summed E-state index contributed by atoms with van der Waals surface area (Å²) in [6.45, 7) is 0.186. The van der Waals surface area contributed by atoms with E-state index in [1.807, 2.05) is 12.1 Å². The van der Waals surface area contributed by atoms with E-state index in [-0.39, 0.29) is 30.2 Å². The van der Waals surface area contributed by atoms with Gasteiger partial charge in [0.1, 0.15) is 6.04 Å². The topological polar surface area (TPSA) is 113 Å². The Morgan fingerprint density at radius 1 is 0.861 bits per heavy atom. The van der Waals surface area contributed by atoms with Crippen LogP contribution in [0.1, 0.15) is 18.4 Å². The summed E-state index contributed by atoms with van der Waals surface area (Å²) in [6.07, 6.45) is 3.24. The van der Waals surface area contributed by atoms with E-state index in [1.165, 1.54) is 18.2 Å². The van der Waals surface area contributed by atoms with E-state index in [2.05, 4.69) is 10.0 Å². The quantitative estimate of drug-likeness (QED) is 0.231. The van der Waals surface area contributed by atoms with Crippen LogP contribution in [0.2, 0.25) is 10.0 Å². The van der Waals surface area contributed by atoms with Gasteiger partial charge in [0, 0.05) is 22.7 Å². The second-order valence-electron chi connectivity index (χ2n) is 7.86. The fourth-order valence-corrected chi connectivity index (χ4v) is 4.76. The Hall–Kier alpha value is -3.17. The predicted molar refractivity (Wildman–Crippen MR) is 141 cm³/mol. The third-order valence-corrected chi connectivity index (χ3v) is 7.20. The minimum atomic E-state index is -4.07. The van der Waals surface area contributed by atoms with E-state index in [0.29, 0.717) is 10.0 Å². The molecule has 0 radical (unpaired) electrons. The molecule has 3 aromatic carbocycles. The van der Waals surface area contributed by atoms with Crippen molar-refractivity contribution in [3.8, 4) is 11.1 Å². The molecule has 10 heteroatoms. The lowest BCUT2D eigenvalue weighted by Gasteiger charge is -2.15. The van der Waals surface area contributed by atoms with Crippen molar-refractivity contribution in [2.24, 2.45) is 0 Å². The Kier molecular flexibility index (Phi) is 9.66. The molecule has 188 valence electrons. The summed E-state index contributed by atoms with van der Waals surface area (Å²) in [5.74, 6) is -1.65. The number of hydrogen-bond donors (Lipinski definition) is 3. The fraction of sp³-hybridized carbons (Fsp3) is 0.154. The summed E-state index contributed by atoms with van der Waals surface area (Å²) in [5.41, 5.74) is 2.46. The number of rotatable bonds is 11. The van der Waals surface area contributed by atoms with Crippen LogP contribution < -0.4 is 10.0 Å². The molecule has 0 fully saturated rings. The van der Waals surface area contributed by atoms with Crippen LogP contribution in [0.3, 0.4) is 0 Å². The molecule has 3 rings (SSSR count). The van der Waals surface area contributed by atoms with Crippen molar-refractivity contribution in [1.29, 1.82) is 0 Å². The number of amides is 1. The standard InChI is InChI=1S/C26H24Cl2N2O5S/c27-21-10-3-18(4-11-21)5-16-25(31)29-17-1-2-24(26(32)33)30-36(34,35)23-14-8-20(9-15-23)19-6-12-22(28)13-7-19/h3-16,24,30H,1-2,17H2,(H,29,31)(H,32,33)/b16-5+.